The van der Waals surface area contributed by atoms with E-state index in [0.29, 0.717) is 11.8 Å². The summed E-state index contributed by atoms with van der Waals surface area (Å²) >= 11 is 3.28. The van der Waals surface area contributed by atoms with E-state index < -0.39 is 18.0 Å². The second-order valence-corrected chi connectivity index (χ2v) is 4.36. The van der Waals surface area contributed by atoms with E-state index in [1.54, 1.807) is 12.1 Å². The molecule has 0 amide bonds. The van der Waals surface area contributed by atoms with Gasteiger partial charge in [-0.2, -0.15) is 0 Å². The number of aliphatic hydroxyl groups is 1. The van der Waals surface area contributed by atoms with Gasteiger partial charge in [0, 0.05) is 11.8 Å². The second-order valence-electron chi connectivity index (χ2n) is 3.80. The van der Waals surface area contributed by atoms with Gasteiger partial charge in [-0.3, -0.25) is 4.79 Å². The van der Waals surface area contributed by atoms with Crippen molar-refractivity contribution in [2.45, 2.75) is 24.3 Å². The van der Waals surface area contributed by atoms with E-state index in [2.05, 4.69) is 15.9 Å². The average Bonchev–Trinajstić information content (AvgIpc) is 2.34. The van der Waals surface area contributed by atoms with Crippen molar-refractivity contribution in [3.63, 3.8) is 0 Å². The molecule has 1 rings (SSSR count). The van der Waals surface area contributed by atoms with E-state index in [0.717, 1.165) is 11.1 Å². The zero-order valence-electron chi connectivity index (χ0n) is 9.47. The van der Waals surface area contributed by atoms with Crippen LogP contribution in [-0.2, 0) is 21.3 Å². The Morgan fingerprint density at radius 3 is 2.39 bits per heavy atom. The number of aliphatic hydroxyl groups excluding tert-OH is 1. The van der Waals surface area contributed by atoms with Gasteiger partial charge in [0.25, 0.3) is 0 Å². The van der Waals surface area contributed by atoms with Crippen LogP contribution in [0.4, 0.5) is 0 Å². The first-order valence-electron chi connectivity index (χ1n) is 5.26. The lowest BCUT2D eigenvalue weighted by atomic mass is 9.98. The number of carbonyl (C=O) groups is 2. The zero-order chi connectivity index (χ0) is 13.7. The fourth-order valence-corrected chi connectivity index (χ4v) is 2.11. The van der Waals surface area contributed by atoms with Gasteiger partial charge in [0.1, 0.15) is 0 Å². The molecule has 6 heteroatoms. The number of rotatable bonds is 6. The van der Waals surface area contributed by atoms with Gasteiger partial charge in [-0.25, -0.2) is 4.79 Å². The third-order valence-corrected chi connectivity index (χ3v) is 3.14. The van der Waals surface area contributed by atoms with E-state index in [-0.39, 0.29) is 12.0 Å². The molecule has 0 spiro atoms. The van der Waals surface area contributed by atoms with E-state index in [1.165, 1.54) is 6.07 Å². The summed E-state index contributed by atoms with van der Waals surface area (Å²) in [6.45, 7) is 0. The topological polar surface area (TPSA) is 94.8 Å². The number of hydrogen-bond donors (Lipinski definition) is 3. The Bertz CT molecular complexity index is 458. The number of alkyl halides is 1. The van der Waals surface area contributed by atoms with Gasteiger partial charge >= 0.3 is 11.9 Å². The molecule has 0 heterocycles. The van der Waals surface area contributed by atoms with Crippen LogP contribution in [0.2, 0.25) is 0 Å². The molecule has 5 nitrogen and oxygen atoms in total. The lowest BCUT2D eigenvalue weighted by Gasteiger charge is -2.11. The molecular weight excluding hydrogens is 304 g/mol. The van der Waals surface area contributed by atoms with Crippen LogP contribution in [0.25, 0.3) is 0 Å². The Morgan fingerprint density at radius 2 is 1.89 bits per heavy atom. The average molecular weight is 317 g/mol. The van der Waals surface area contributed by atoms with E-state index in [9.17, 15) is 14.7 Å². The molecule has 3 N–H and O–H groups in total. The molecule has 0 aromatic heterocycles. The molecular formula is C12H13BrO5. The van der Waals surface area contributed by atoms with Crippen LogP contribution in [0.1, 0.15) is 29.2 Å². The second kappa shape index (κ2) is 6.51. The predicted molar refractivity (Wildman–Crippen MR) is 67.6 cm³/mol. The van der Waals surface area contributed by atoms with Crippen molar-refractivity contribution in [3.05, 3.63) is 34.9 Å². The van der Waals surface area contributed by atoms with Crippen LogP contribution >= 0.6 is 15.9 Å². The van der Waals surface area contributed by atoms with Crippen LogP contribution in [0, 0.1) is 0 Å². The SMILES string of the molecule is O=C(O)CCc1cc(C(O)C(=O)O)ccc1CBr. The Hall–Kier alpha value is -1.40. The van der Waals surface area contributed by atoms with E-state index >= 15 is 0 Å². The Morgan fingerprint density at radius 1 is 1.22 bits per heavy atom. The number of hydrogen-bond acceptors (Lipinski definition) is 3. The van der Waals surface area contributed by atoms with Crippen LogP contribution in [0.3, 0.4) is 0 Å². The molecule has 0 aliphatic carbocycles. The van der Waals surface area contributed by atoms with Gasteiger partial charge in [0.2, 0.25) is 0 Å². The van der Waals surface area contributed by atoms with Gasteiger partial charge in [0.15, 0.2) is 6.10 Å². The maximum atomic E-state index is 10.7. The Balaban J connectivity index is 3.01. The lowest BCUT2D eigenvalue weighted by Crippen LogP contribution is -2.11. The zero-order valence-corrected chi connectivity index (χ0v) is 11.1. The van der Waals surface area contributed by atoms with Crippen molar-refractivity contribution >= 4 is 27.9 Å². The molecule has 0 saturated carbocycles. The molecule has 0 bridgehead atoms. The summed E-state index contributed by atoms with van der Waals surface area (Å²) < 4.78 is 0. The van der Waals surface area contributed by atoms with Crippen molar-refractivity contribution in [1.82, 2.24) is 0 Å². The number of carboxylic acids is 2. The highest BCUT2D eigenvalue weighted by Crippen LogP contribution is 2.21. The minimum atomic E-state index is -1.59. The summed E-state index contributed by atoms with van der Waals surface area (Å²) in [4.78, 5) is 21.2. The summed E-state index contributed by atoms with van der Waals surface area (Å²) in [6, 6.07) is 4.76. The molecule has 18 heavy (non-hydrogen) atoms. The molecule has 1 atom stereocenters. The molecule has 1 unspecified atom stereocenters. The maximum absolute atomic E-state index is 10.7. The number of aryl methyl sites for hydroxylation is 1. The van der Waals surface area contributed by atoms with Crippen LogP contribution in [-0.4, -0.2) is 27.3 Å². The monoisotopic (exact) mass is 316 g/mol. The normalized spacial score (nSPS) is 12.1. The number of aliphatic carboxylic acids is 2. The summed E-state index contributed by atoms with van der Waals surface area (Å²) in [5, 5.41) is 27.4. The first kappa shape index (κ1) is 14.7. The fraction of sp³-hybridized carbons (Fsp3) is 0.333. The van der Waals surface area contributed by atoms with Crippen molar-refractivity contribution in [1.29, 1.82) is 0 Å². The molecule has 1 aromatic rings. The third kappa shape index (κ3) is 3.82. The van der Waals surface area contributed by atoms with Crippen molar-refractivity contribution in [3.8, 4) is 0 Å². The molecule has 0 aliphatic heterocycles. The quantitative estimate of drug-likeness (QED) is 0.694. The van der Waals surface area contributed by atoms with Crippen molar-refractivity contribution in [2.75, 3.05) is 0 Å². The highest BCUT2D eigenvalue weighted by atomic mass is 79.9. The van der Waals surface area contributed by atoms with Crippen molar-refractivity contribution < 1.29 is 24.9 Å². The Labute approximate surface area is 112 Å². The predicted octanol–water partition coefficient (Wildman–Crippen LogP) is 1.72. The van der Waals surface area contributed by atoms with Crippen LogP contribution < -0.4 is 0 Å². The third-order valence-electron chi connectivity index (χ3n) is 2.53. The number of carboxylic acid groups (broad SMARTS) is 2. The number of benzene rings is 1. The Kier molecular flexibility index (Phi) is 5.30. The summed E-state index contributed by atoms with van der Waals surface area (Å²) in [7, 11) is 0. The first-order chi connectivity index (χ1) is 8.45. The van der Waals surface area contributed by atoms with Gasteiger partial charge in [-0.1, -0.05) is 34.1 Å². The lowest BCUT2D eigenvalue weighted by molar-refractivity contribution is -0.147. The molecule has 0 aliphatic rings. The standard InChI is InChI=1S/C12H13BrO5/c13-6-9-2-1-8(11(16)12(17)18)5-7(9)3-4-10(14)15/h1-2,5,11,16H,3-4,6H2,(H,14,15)(H,17,18). The maximum Gasteiger partial charge on any atom is 0.337 e. The first-order valence-corrected chi connectivity index (χ1v) is 6.38. The fourth-order valence-electron chi connectivity index (χ4n) is 1.56. The van der Waals surface area contributed by atoms with E-state index in [4.69, 9.17) is 10.2 Å². The largest absolute Gasteiger partial charge is 0.481 e. The summed E-state index contributed by atoms with van der Waals surface area (Å²) in [5.41, 5.74) is 1.87. The highest BCUT2D eigenvalue weighted by molar-refractivity contribution is 9.08. The molecule has 98 valence electrons. The van der Waals surface area contributed by atoms with Gasteiger partial charge in [0.05, 0.1) is 0 Å². The van der Waals surface area contributed by atoms with E-state index in [1.807, 2.05) is 0 Å². The number of halogens is 1. The summed E-state index contributed by atoms with van der Waals surface area (Å²) in [6.07, 6.45) is -1.32. The van der Waals surface area contributed by atoms with Crippen LogP contribution in [0.5, 0.6) is 0 Å². The van der Waals surface area contributed by atoms with Gasteiger partial charge in [-0.05, 0) is 23.1 Å². The summed E-state index contributed by atoms with van der Waals surface area (Å²) in [5.74, 6) is -2.24. The minimum absolute atomic E-state index is 0.0351. The van der Waals surface area contributed by atoms with Gasteiger partial charge in [-0.15, -0.1) is 0 Å². The van der Waals surface area contributed by atoms with Crippen LogP contribution in [0.15, 0.2) is 18.2 Å². The van der Waals surface area contributed by atoms with Gasteiger partial charge < -0.3 is 15.3 Å². The molecule has 1 aromatic carbocycles. The smallest absolute Gasteiger partial charge is 0.337 e. The minimum Gasteiger partial charge on any atom is -0.481 e. The molecule has 0 saturated heterocycles. The highest BCUT2D eigenvalue weighted by Gasteiger charge is 2.17. The molecule has 0 fully saturated rings. The molecule has 0 radical (unpaired) electrons. The van der Waals surface area contributed by atoms with Crippen molar-refractivity contribution in [2.24, 2.45) is 0 Å².